The molecule has 2 amide bonds. The molecule has 29 heavy (non-hydrogen) atoms. The van der Waals surface area contributed by atoms with E-state index in [2.05, 4.69) is 0 Å². The highest BCUT2D eigenvalue weighted by molar-refractivity contribution is 5.89. The molecule has 0 saturated heterocycles. The van der Waals surface area contributed by atoms with E-state index >= 15 is 0 Å². The van der Waals surface area contributed by atoms with Crippen LogP contribution in [-0.2, 0) is 9.59 Å². The first kappa shape index (κ1) is 21.0. The highest BCUT2D eigenvalue weighted by Gasteiger charge is 2.37. The Morgan fingerprint density at radius 3 is 2.10 bits per heavy atom. The van der Waals surface area contributed by atoms with Crippen LogP contribution in [-0.4, -0.2) is 16.7 Å². The summed E-state index contributed by atoms with van der Waals surface area (Å²) in [6.45, 7) is 1.67. The number of rotatable bonds is 6. The summed E-state index contributed by atoms with van der Waals surface area (Å²) < 4.78 is 27.7. The number of amides is 2. The van der Waals surface area contributed by atoms with Crippen molar-refractivity contribution in [2.24, 2.45) is 11.7 Å². The zero-order chi connectivity index (χ0) is 21.0. The van der Waals surface area contributed by atoms with Crippen molar-refractivity contribution in [3.05, 3.63) is 71.3 Å². The fourth-order valence-corrected chi connectivity index (χ4v) is 4.18. The molecular weight excluding hydrogens is 374 g/mol. The summed E-state index contributed by atoms with van der Waals surface area (Å²) in [6.07, 6.45) is 4.44. The molecule has 0 unspecified atom stereocenters. The number of hydrogen-bond donors (Lipinski definition) is 1. The minimum atomic E-state index is -1.02. The number of primary amides is 1. The molecule has 3 rings (SSSR count). The molecule has 2 aromatic carbocycles. The van der Waals surface area contributed by atoms with Gasteiger partial charge in [0.15, 0.2) is 0 Å². The van der Waals surface area contributed by atoms with Gasteiger partial charge < -0.3 is 10.6 Å². The summed E-state index contributed by atoms with van der Waals surface area (Å²) in [5, 5.41) is 0. The van der Waals surface area contributed by atoms with Crippen LogP contribution in [0.3, 0.4) is 0 Å². The number of nitrogens with zero attached hydrogens (tertiary/aromatic N) is 1. The largest absolute Gasteiger partial charge is 0.368 e. The van der Waals surface area contributed by atoms with Crippen molar-refractivity contribution in [2.45, 2.75) is 51.1 Å². The third-order valence-corrected chi connectivity index (χ3v) is 5.66. The Bertz CT molecular complexity index is 846. The van der Waals surface area contributed by atoms with Crippen LogP contribution in [0.1, 0.15) is 62.2 Å². The smallest absolute Gasteiger partial charge is 0.244 e. The molecule has 1 aliphatic carbocycles. The zero-order valence-electron chi connectivity index (χ0n) is 16.5. The average Bonchev–Trinajstić information content (AvgIpc) is 2.71. The third kappa shape index (κ3) is 4.81. The molecule has 0 aromatic heterocycles. The van der Waals surface area contributed by atoms with Crippen molar-refractivity contribution in [2.75, 3.05) is 0 Å². The van der Waals surface area contributed by atoms with Crippen LogP contribution >= 0.6 is 0 Å². The third-order valence-electron chi connectivity index (χ3n) is 5.66. The first-order valence-electron chi connectivity index (χ1n) is 10.0. The lowest BCUT2D eigenvalue weighted by atomic mass is 9.86. The predicted molar refractivity (Wildman–Crippen MR) is 107 cm³/mol. The quantitative estimate of drug-likeness (QED) is 0.766. The van der Waals surface area contributed by atoms with Gasteiger partial charge in [0.1, 0.15) is 17.7 Å². The van der Waals surface area contributed by atoms with Gasteiger partial charge in [-0.1, -0.05) is 49.6 Å². The second-order valence-corrected chi connectivity index (χ2v) is 7.67. The van der Waals surface area contributed by atoms with Crippen molar-refractivity contribution in [1.29, 1.82) is 0 Å². The zero-order valence-corrected chi connectivity index (χ0v) is 16.5. The van der Waals surface area contributed by atoms with Crippen molar-refractivity contribution in [1.82, 2.24) is 4.90 Å². The fourth-order valence-electron chi connectivity index (χ4n) is 4.18. The monoisotopic (exact) mass is 400 g/mol. The van der Waals surface area contributed by atoms with E-state index in [-0.39, 0.29) is 17.4 Å². The Balaban J connectivity index is 2.06. The summed E-state index contributed by atoms with van der Waals surface area (Å²) in [5.41, 5.74) is 6.59. The van der Waals surface area contributed by atoms with Crippen LogP contribution in [0.5, 0.6) is 0 Å². The lowest BCUT2D eigenvalue weighted by molar-refractivity contribution is -0.146. The van der Waals surface area contributed by atoms with Gasteiger partial charge in [0.25, 0.3) is 0 Å². The Hall–Kier alpha value is -2.76. The molecule has 1 saturated carbocycles. The van der Waals surface area contributed by atoms with E-state index in [1.807, 2.05) is 0 Å². The summed E-state index contributed by atoms with van der Waals surface area (Å²) in [5.74, 6) is -2.56. The van der Waals surface area contributed by atoms with Gasteiger partial charge in [0.05, 0.1) is 6.04 Å². The predicted octanol–water partition coefficient (Wildman–Crippen LogP) is 4.66. The molecule has 0 aliphatic heterocycles. The fraction of sp³-hybridized carbons (Fsp3) is 0.391. The minimum Gasteiger partial charge on any atom is -0.368 e. The SMILES string of the molecule is C[C@H](c1cc(F)cc(F)c1)N(C(=O)C1CCCCC1)[C@@H](C(N)=O)c1ccccc1. The first-order valence-corrected chi connectivity index (χ1v) is 10.0. The number of carbonyl (C=O) groups excluding carboxylic acids is 2. The van der Waals surface area contributed by atoms with Gasteiger partial charge in [-0.25, -0.2) is 8.78 Å². The van der Waals surface area contributed by atoms with Crippen LogP contribution in [0.15, 0.2) is 48.5 Å². The van der Waals surface area contributed by atoms with Gasteiger partial charge in [-0.3, -0.25) is 9.59 Å². The number of hydrogen-bond acceptors (Lipinski definition) is 2. The Morgan fingerprint density at radius 1 is 0.966 bits per heavy atom. The lowest BCUT2D eigenvalue weighted by Gasteiger charge is -2.38. The summed E-state index contributed by atoms with van der Waals surface area (Å²) in [4.78, 5) is 27.4. The van der Waals surface area contributed by atoms with Gasteiger partial charge in [-0.05, 0) is 43.0 Å². The molecule has 0 radical (unpaired) electrons. The normalized spacial score (nSPS) is 16.8. The van der Waals surface area contributed by atoms with Crippen molar-refractivity contribution < 1.29 is 18.4 Å². The van der Waals surface area contributed by atoms with E-state index in [9.17, 15) is 18.4 Å². The Kier molecular flexibility index (Phi) is 6.62. The van der Waals surface area contributed by atoms with E-state index in [0.717, 1.165) is 38.2 Å². The molecule has 0 bridgehead atoms. The van der Waals surface area contributed by atoms with E-state index < -0.39 is 29.6 Å². The van der Waals surface area contributed by atoms with E-state index in [1.165, 1.54) is 17.0 Å². The average molecular weight is 400 g/mol. The van der Waals surface area contributed by atoms with E-state index in [1.54, 1.807) is 37.3 Å². The maximum absolute atomic E-state index is 13.9. The lowest BCUT2D eigenvalue weighted by Crippen LogP contribution is -2.46. The highest BCUT2D eigenvalue weighted by atomic mass is 19.1. The summed E-state index contributed by atoms with van der Waals surface area (Å²) >= 11 is 0. The number of benzene rings is 2. The van der Waals surface area contributed by atoms with E-state index in [0.29, 0.717) is 5.56 Å². The second-order valence-electron chi connectivity index (χ2n) is 7.67. The maximum atomic E-state index is 13.9. The first-order chi connectivity index (χ1) is 13.9. The number of nitrogens with two attached hydrogens (primary N) is 1. The summed E-state index contributed by atoms with van der Waals surface area (Å²) in [6, 6.07) is 10.2. The highest BCUT2D eigenvalue weighted by Crippen LogP contribution is 2.36. The molecular formula is C23H26F2N2O2. The maximum Gasteiger partial charge on any atom is 0.244 e. The molecule has 0 spiro atoms. The molecule has 0 heterocycles. The van der Waals surface area contributed by atoms with Crippen molar-refractivity contribution in [3.8, 4) is 0 Å². The van der Waals surface area contributed by atoms with Crippen molar-refractivity contribution >= 4 is 11.8 Å². The van der Waals surface area contributed by atoms with Crippen LogP contribution in [0.2, 0.25) is 0 Å². The Labute approximate surface area is 169 Å². The number of carbonyl (C=O) groups is 2. The van der Waals surface area contributed by atoms with Gasteiger partial charge in [-0.15, -0.1) is 0 Å². The van der Waals surface area contributed by atoms with Gasteiger partial charge in [-0.2, -0.15) is 0 Å². The van der Waals surface area contributed by atoms with Crippen molar-refractivity contribution in [3.63, 3.8) is 0 Å². The van der Waals surface area contributed by atoms with Crippen LogP contribution in [0.25, 0.3) is 0 Å². The minimum absolute atomic E-state index is 0.200. The van der Waals surface area contributed by atoms with E-state index in [4.69, 9.17) is 5.73 Å². The van der Waals surface area contributed by atoms with Gasteiger partial charge >= 0.3 is 0 Å². The summed E-state index contributed by atoms with van der Waals surface area (Å²) in [7, 11) is 0. The molecule has 154 valence electrons. The number of halogens is 2. The van der Waals surface area contributed by atoms with Gasteiger partial charge in [0, 0.05) is 12.0 Å². The van der Waals surface area contributed by atoms with Crippen LogP contribution in [0, 0.1) is 17.6 Å². The standard InChI is InChI=1S/C23H26F2N2O2/c1-15(18-12-19(24)14-20(25)13-18)27(23(29)17-10-6-3-7-11-17)21(22(26)28)16-8-4-2-5-9-16/h2,4-5,8-9,12-15,17,21H,3,6-7,10-11H2,1H3,(H2,26,28)/t15-,21-/m1/s1. The second kappa shape index (κ2) is 9.16. The molecule has 2 N–H and O–H groups in total. The molecule has 6 heteroatoms. The molecule has 1 aliphatic rings. The molecule has 1 fully saturated rings. The Morgan fingerprint density at radius 2 is 1.55 bits per heavy atom. The van der Waals surface area contributed by atoms with Crippen LogP contribution in [0.4, 0.5) is 8.78 Å². The molecule has 2 atom stereocenters. The van der Waals surface area contributed by atoms with Crippen LogP contribution < -0.4 is 5.73 Å². The topological polar surface area (TPSA) is 63.4 Å². The molecule has 2 aromatic rings. The molecule has 4 nitrogen and oxygen atoms in total. The van der Waals surface area contributed by atoms with Gasteiger partial charge in [0.2, 0.25) is 11.8 Å².